The third-order valence-electron chi connectivity index (χ3n) is 7.26. The van der Waals surface area contributed by atoms with E-state index >= 15 is 0 Å². The second-order valence-electron chi connectivity index (χ2n) is 9.73. The van der Waals surface area contributed by atoms with Crippen molar-refractivity contribution in [3.05, 3.63) is 87.5 Å². The van der Waals surface area contributed by atoms with Gasteiger partial charge in [-0.05, 0) is 105 Å². The predicted octanol–water partition coefficient (Wildman–Crippen LogP) is 6.68. The van der Waals surface area contributed by atoms with Crippen molar-refractivity contribution in [1.29, 1.82) is 10.7 Å². The van der Waals surface area contributed by atoms with Crippen molar-refractivity contribution in [1.82, 2.24) is 4.90 Å². The van der Waals surface area contributed by atoms with Gasteiger partial charge < -0.3 is 15.0 Å². The van der Waals surface area contributed by atoms with Crippen LogP contribution in [0.5, 0.6) is 0 Å². The van der Waals surface area contributed by atoms with Gasteiger partial charge in [-0.25, -0.2) is 0 Å². The van der Waals surface area contributed by atoms with E-state index in [1.165, 1.54) is 11.1 Å². The maximum Gasteiger partial charge on any atom is 0.253 e. The van der Waals surface area contributed by atoms with Crippen molar-refractivity contribution in [3.63, 3.8) is 0 Å². The Kier molecular flexibility index (Phi) is 9.38. The van der Waals surface area contributed by atoms with Gasteiger partial charge >= 0.3 is 0 Å². The maximum atomic E-state index is 13.4. The monoisotopic (exact) mass is 483 g/mol. The van der Waals surface area contributed by atoms with Gasteiger partial charge in [0.15, 0.2) is 0 Å². The minimum atomic E-state index is 0.0849. The van der Waals surface area contributed by atoms with Crippen LogP contribution in [0.2, 0.25) is 0 Å². The molecule has 0 unspecified atom stereocenters. The molecule has 0 radical (unpaired) electrons. The molecule has 0 spiro atoms. The number of carbonyl (C=O) groups excluding carboxylic acids is 1. The zero-order valence-electron chi connectivity index (χ0n) is 22.1. The van der Waals surface area contributed by atoms with E-state index in [9.17, 15) is 4.79 Å². The Balaban J connectivity index is 1.72. The number of aryl methyl sites for hydroxylation is 1. The molecule has 0 bridgehead atoms. The molecule has 0 aliphatic carbocycles. The number of benzene rings is 2. The molecule has 1 fully saturated rings. The zero-order chi connectivity index (χ0) is 26.2. The molecule has 1 aliphatic heterocycles. The van der Waals surface area contributed by atoms with Crippen LogP contribution in [0.15, 0.2) is 59.7 Å². The van der Waals surface area contributed by atoms with Crippen LogP contribution in [0.3, 0.4) is 0 Å². The largest absolute Gasteiger partial charge is 0.380 e. The molecule has 1 heterocycles. The van der Waals surface area contributed by atoms with Crippen LogP contribution in [0.4, 0.5) is 0 Å². The van der Waals surface area contributed by atoms with Crippen LogP contribution >= 0.6 is 0 Å². The maximum absolute atomic E-state index is 13.4. The Bertz CT molecular complexity index is 1210. The molecule has 1 N–H and O–H groups in total. The summed E-state index contributed by atoms with van der Waals surface area (Å²) in [6.45, 7) is 9.98. The van der Waals surface area contributed by atoms with Crippen molar-refractivity contribution in [2.75, 3.05) is 26.8 Å². The molecule has 188 valence electrons. The van der Waals surface area contributed by atoms with E-state index in [2.05, 4.69) is 32.9 Å². The summed E-state index contributed by atoms with van der Waals surface area (Å²) >= 11 is 0. The van der Waals surface area contributed by atoms with Crippen LogP contribution < -0.4 is 0 Å². The number of rotatable bonds is 8. The highest BCUT2D eigenvalue weighted by molar-refractivity contribution is 5.96. The molecule has 0 aromatic heterocycles. The smallest absolute Gasteiger partial charge is 0.253 e. The average molecular weight is 484 g/mol. The summed E-state index contributed by atoms with van der Waals surface area (Å²) in [7, 11) is 1.64. The van der Waals surface area contributed by atoms with Gasteiger partial charge in [-0.3, -0.25) is 4.79 Å². The Hall–Kier alpha value is -3.49. The lowest BCUT2D eigenvalue weighted by Crippen LogP contribution is -2.38. The van der Waals surface area contributed by atoms with Crippen molar-refractivity contribution in [2.24, 2.45) is 0 Å². The highest BCUT2D eigenvalue weighted by atomic mass is 16.5. The van der Waals surface area contributed by atoms with Crippen molar-refractivity contribution in [3.8, 4) is 6.07 Å². The number of nitrogens with zero attached hydrogens (tertiary/aromatic N) is 2. The fourth-order valence-electron chi connectivity index (χ4n) is 4.72. The molecule has 1 aliphatic rings. The molecule has 1 amide bonds. The average Bonchev–Trinajstić information content (AvgIpc) is 2.90. The lowest BCUT2D eigenvalue weighted by molar-refractivity contribution is 0.0713. The van der Waals surface area contributed by atoms with E-state index in [0.717, 1.165) is 60.2 Å². The summed E-state index contributed by atoms with van der Waals surface area (Å²) in [5.41, 5.74) is 8.69. The number of ether oxygens (including phenoxy) is 1. The van der Waals surface area contributed by atoms with Crippen LogP contribution in [0.25, 0.3) is 5.57 Å². The first-order chi connectivity index (χ1) is 17.2. The van der Waals surface area contributed by atoms with Gasteiger partial charge in [-0.15, -0.1) is 0 Å². The van der Waals surface area contributed by atoms with Gasteiger partial charge in [0.05, 0.1) is 18.2 Å². The van der Waals surface area contributed by atoms with E-state index in [0.29, 0.717) is 23.8 Å². The van der Waals surface area contributed by atoms with Gasteiger partial charge in [-0.1, -0.05) is 29.8 Å². The molecule has 3 rings (SSSR count). The normalized spacial score (nSPS) is 15.3. The quantitative estimate of drug-likeness (QED) is 0.425. The van der Waals surface area contributed by atoms with Gasteiger partial charge in [0.2, 0.25) is 0 Å². The van der Waals surface area contributed by atoms with Crippen molar-refractivity contribution < 1.29 is 9.53 Å². The van der Waals surface area contributed by atoms with E-state index in [1.807, 2.05) is 47.4 Å². The predicted molar refractivity (Wildman–Crippen MR) is 146 cm³/mol. The number of nitrogens with one attached hydrogen (secondary N) is 1. The first-order valence-corrected chi connectivity index (χ1v) is 12.5. The molecule has 5 nitrogen and oxygen atoms in total. The first kappa shape index (κ1) is 27.1. The third kappa shape index (κ3) is 6.59. The molecule has 0 saturated carbocycles. The minimum absolute atomic E-state index is 0.0849. The standard InChI is InChI=1S/C31H37N3O2/c1-21(6-11-29(20-36-5)24(4)33)23(3)30-18-28(10-7-22(30)2)31(35)34-16-14-27(15-17-34)26-12-8-25(19-32)9-13-26/h7-13,18,27,33H,6,14-17,20H2,1-5H3/b23-21+,29-11-,33-24?. The SMILES string of the molecule is COC/C(=C/C/C(C)=C(\C)c1cc(C(=O)N2CCC(c3ccc(C#N)cc3)CC2)ccc1C)C(C)=N. The topological polar surface area (TPSA) is 77.2 Å². The van der Waals surface area contributed by atoms with E-state index in [1.54, 1.807) is 14.0 Å². The molecular weight excluding hydrogens is 446 g/mol. The molecule has 2 aromatic rings. The highest BCUT2D eigenvalue weighted by Gasteiger charge is 2.25. The lowest BCUT2D eigenvalue weighted by Gasteiger charge is -2.32. The summed E-state index contributed by atoms with van der Waals surface area (Å²) < 4.78 is 5.22. The molecule has 0 atom stereocenters. The van der Waals surface area contributed by atoms with E-state index < -0.39 is 0 Å². The molecule has 36 heavy (non-hydrogen) atoms. The summed E-state index contributed by atoms with van der Waals surface area (Å²) in [6.07, 6.45) is 4.65. The number of methoxy groups -OCH3 is 1. The summed E-state index contributed by atoms with van der Waals surface area (Å²) in [4.78, 5) is 15.3. The van der Waals surface area contributed by atoms with E-state index in [4.69, 9.17) is 15.4 Å². The number of hydrogen-bond acceptors (Lipinski definition) is 4. The number of amides is 1. The lowest BCUT2D eigenvalue weighted by atomic mass is 9.88. The Morgan fingerprint density at radius 1 is 1.14 bits per heavy atom. The number of hydrogen-bond donors (Lipinski definition) is 1. The van der Waals surface area contributed by atoms with Crippen LogP contribution in [-0.4, -0.2) is 43.3 Å². The van der Waals surface area contributed by atoms with Crippen LogP contribution in [0.1, 0.15) is 78.6 Å². The molecule has 2 aromatic carbocycles. The molecule has 5 heteroatoms. The summed E-state index contributed by atoms with van der Waals surface area (Å²) in [5.74, 6) is 0.505. The summed E-state index contributed by atoms with van der Waals surface area (Å²) in [5, 5.41) is 17.0. The van der Waals surface area contributed by atoms with Gasteiger partial charge in [0.25, 0.3) is 5.91 Å². The first-order valence-electron chi connectivity index (χ1n) is 12.5. The Labute approximate surface area is 215 Å². The Morgan fingerprint density at radius 2 is 1.81 bits per heavy atom. The second-order valence-corrected chi connectivity index (χ2v) is 9.73. The van der Waals surface area contributed by atoms with Gasteiger partial charge in [0, 0.05) is 31.5 Å². The highest BCUT2D eigenvalue weighted by Crippen LogP contribution is 2.30. The van der Waals surface area contributed by atoms with Crippen LogP contribution in [-0.2, 0) is 4.74 Å². The number of piperidine rings is 1. The van der Waals surface area contributed by atoms with Gasteiger partial charge in [0.1, 0.15) is 0 Å². The fourth-order valence-corrected chi connectivity index (χ4v) is 4.72. The van der Waals surface area contributed by atoms with Gasteiger partial charge in [-0.2, -0.15) is 5.26 Å². The number of likely N-dealkylation sites (tertiary alicyclic amines) is 1. The molecule has 1 saturated heterocycles. The third-order valence-corrected chi connectivity index (χ3v) is 7.26. The summed E-state index contributed by atoms with van der Waals surface area (Å²) in [6, 6.07) is 16.0. The number of nitriles is 1. The van der Waals surface area contributed by atoms with Crippen LogP contribution in [0, 0.1) is 23.7 Å². The minimum Gasteiger partial charge on any atom is -0.380 e. The fraction of sp³-hybridized carbons (Fsp3) is 0.387. The Morgan fingerprint density at radius 3 is 2.39 bits per heavy atom. The zero-order valence-corrected chi connectivity index (χ0v) is 22.1. The number of carbonyl (C=O) groups is 1. The van der Waals surface area contributed by atoms with Crippen molar-refractivity contribution >= 4 is 17.2 Å². The van der Waals surface area contributed by atoms with E-state index in [-0.39, 0.29) is 5.91 Å². The molecular formula is C31H37N3O2. The van der Waals surface area contributed by atoms with Crippen molar-refractivity contribution in [2.45, 2.75) is 52.9 Å². The number of allylic oxidation sites excluding steroid dienone is 3. The second kappa shape index (κ2) is 12.5.